The maximum Gasteiger partial charge on any atom is 0.155 e. The molecule has 0 radical (unpaired) electrons. The summed E-state index contributed by atoms with van der Waals surface area (Å²) < 4.78 is 0. The summed E-state index contributed by atoms with van der Waals surface area (Å²) >= 11 is 0. The van der Waals surface area contributed by atoms with Crippen LogP contribution in [0.2, 0.25) is 0 Å². The van der Waals surface area contributed by atoms with Gasteiger partial charge in [-0.25, -0.2) is 4.98 Å². The van der Waals surface area contributed by atoms with E-state index < -0.39 is 0 Å². The number of hydrogen-bond donors (Lipinski definition) is 1. The minimum absolute atomic E-state index is 0. The SMILES string of the molecule is Cc1n[nH]c(C)c1C(C)N1CCN(c2nccnc2-c2ccccc2)CC1.Cl. The van der Waals surface area contributed by atoms with Gasteiger partial charge in [0.2, 0.25) is 0 Å². The van der Waals surface area contributed by atoms with Crippen molar-refractivity contribution >= 4 is 18.2 Å². The van der Waals surface area contributed by atoms with Crippen molar-refractivity contribution in [2.45, 2.75) is 26.8 Å². The molecular weight excluding hydrogens is 372 g/mol. The lowest BCUT2D eigenvalue weighted by molar-refractivity contribution is 0.197. The zero-order valence-electron chi connectivity index (χ0n) is 16.6. The van der Waals surface area contributed by atoms with Gasteiger partial charge in [0.05, 0.1) is 5.69 Å². The molecule has 1 N–H and O–H groups in total. The molecule has 1 aromatic carbocycles. The maximum absolute atomic E-state index is 4.66. The van der Waals surface area contributed by atoms with E-state index in [1.807, 2.05) is 18.2 Å². The summed E-state index contributed by atoms with van der Waals surface area (Å²) in [6, 6.07) is 10.7. The summed E-state index contributed by atoms with van der Waals surface area (Å²) in [4.78, 5) is 14.2. The van der Waals surface area contributed by atoms with Gasteiger partial charge >= 0.3 is 0 Å². The Balaban J connectivity index is 0.00000225. The number of rotatable bonds is 4. The van der Waals surface area contributed by atoms with E-state index in [-0.39, 0.29) is 12.4 Å². The monoisotopic (exact) mass is 398 g/mol. The first kappa shape index (κ1) is 20.3. The Morgan fingerprint density at radius 3 is 2.29 bits per heavy atom. The fraction of sp³-hybridized carbons (Fsp3) is 0.381. The number of nitrogens with one attached hydrogen (secondary N) is 1. The largest absolute Gasteiger partial charge is 0.352 e. The maximum atomic E-state index is 4.66. The molecule has 0 bridgehead atoms. The predicted molar refractivity (Wildman–Crippen MR) is 115 cm³/mol. The van der Waals surface area contributed by atoms with E-state index in [1.165, 1.54) is 11.3 Å². The average molecular weight is 399 g/mol. The van der Waals surface area contributed by atoms with Gasteiger partial charge in [0.1, 0.15) is 5.69 Å². The van der Waals surface area contributed by atoms with E-state index in [0.717, 1.165) is 48.9 Å². The van der Waals surface area contributed by atoms with Crippen LogP contribution in [0, 0.1) is 13.8 Å². The number of aromatic nitrogens is 4. The van der Waals surface area contributed by atoms with Gasteiger partial charge in [-0.05, 0) is 20.8 Å². The lowest BCUT2D eigenvalue weighted by atomic mass is 10.0. The van der Waals surface area contributed by atoms with E-state index in [1.54, 1.807) is 12.4 Å². The third-order valence-corrected chi connectivity index (χ3v) is 5.49. The highest BCUT2D eigenvalue weighted by Gasteiger charge is 2.27. The number of halogens is 1. The van der Waals surface area contributed by atoms with Crippen molar-refractivity contribution in [3.63, 3.8) is 0 Å². The molecule has 3 heterocycles. The minimum Gasteiger partial charge on any atom is -0.352 e. The van der Waals surface area contributed by atoms with Crippen LogP contribution in [-0.4, -0.2) is 51.2 Å². The van der Waals surface area contributed by atoms with Crippen molar-refractivity contribution in [1.82, 2.24) is 25.1 Å². The van der Waals surface area contributed by atoms with Crippen LogP contribution in [0.4, 0.5) is 5.82 Å². The molecule has 0 saturated carbocycles. The number of H-pyrrole nitrogens is 1. The average Bonchev–Trinajstić information content (AvgIpc) is 3.06. The molecule has 6 nitrogen and oxygen atoms in total. The molecule has 2 aromatic heterocycles. The third kappa shape index (κ3) is 3.88. The van der Waals surface area contributed by atoms with Crippen molar-refractivity contribution in [1.29, 1.82) is 0 Å². The van der Waals surface area contributed by atoms with Gasteiger partial charge in [0.25, 0.3) is 0 Å². The number of aromatic amines is 1. The first-order valence-electron chi connectivity index (χ1n) is 9.52. The lowest BCUT2D eigenvalue weighted by Crippen LogP contribution is -2.47. The topological polar surface area (TPSA) is 60.9 Å². The summed E-state index contributed by atoms with van der Waals surface area (Å²) in [5.41, 5.74) is 5.67. The molecule has 1 aliphatic rings. The van der Waals surface area contributed by atoms with E-state index in [0.29, 0.717) is 6.04 Å². The number of anilines is 1. The molecule has 28 heavy (non-hydrogen) atoms. The van der Waals surface area contributed by atoms with E-state index >= 15 is 0 Å². The minimum atomic E-state index is 0. The van der Waals surface area contributed by atoms with E-state index in [2.05, 4.69) is 62.9 Å². The smallest absolute Gasteiger partial charge is 0.155 e. The molecule has 7 heteroatoms. The van der Waals surface area contributed by atoms with Crippen LogP contribution in [0.15, 0.2) is 42.7 Å². The Morgan fingerprint density at radius 2 is 1.64 bits per heavy atom. The zero-order valence-corrected chi connectivity index (χ0v) is 17.4. The van der Waals surface area contributed by atoms with Crippen LogP contribution >= 0.6 is 12.4 Å². The number of nitrogens with zero attached hydrogens (tertiary/aromatic N) is 5. The third-order valence-electron chi connectivity index (χ3n) is 5.49. The van der Waals surface area contributed by atoms with Crippen LogP contribution in [0.3, 0.4) is 0 Å². The molecule has 1 aliphatic heterocycles. The van der Waals surface area contributed by atoms with Gasteiger partial charge < -0.3 is 4.90 Å². The van der Waals surface area contributed by atoms with Gasteiger partial charge in [-0.2, -0.15) is 5.10 Å². The molecule has 148 valence electrons. The Bertz CT molecular complexity index is 883. The second-order valence-corrected chi connectivity index (χ2v) is 7.14. The van der Waals surface area contributed by atoms with Gasteiger partial charge in [-0.1, -0.05) is 30.3 Å². The van der Waals surface area contributed by atoms with E-state index in [4.69, 9.17) is 0 Å². The first-order valence-corrected chi connectivity index (χ1v) is 9.52. The predicted octanol–water partition coefficient (Wildman–Crippen LogP) is 3.79. The molecule has 0 spiro atoms. The van der Waals surface area contributed by atoms with Gasteiger partial charge in [0.15, 0.2) is 5.82 Å². The summed E-state index contributed by atoms with van der Waals surface area (Å²) in [6.07, 6.45) is 3.56. The normalized spacial score (nSPS) is 15.9. The van der Waals surface area contributed by atoms with Crippen molar-refractivity contribution in [3.05, 3.63) is 59.7 Å². The van der Waals surface area contributed by atoms with Crippen molar-refractivity contribution < 1.29 is 0 Å². The second-order valence-electron chi connectivity index (χ2n) is 7.14. The van der Waals surface area contributed by atoms with Gasteiger partial charge in [-0.15, -0.1) is 12.4 Å². The van der Waals surface area contributed by atoms with Crippen molar-refractivity contribution in [2.75, 3.05) is 31.1 Å². The van der Waals surface area contributed by atoms with Crippen LogP contribution in [-0.2, 0) is 0 Å². The summed E-state index contributed by atoms with van der Waals surface area (Å²) in [5.74, 6) is 0.978. The highest BCUT2D eigenvalue weighted by Crippen LogP contribution is 2.30. The second kappa shape index (κ2) is 8.71. The molecule has 1 atom stereocenters. The molecule has 3 aromatic rings. The summed E-state index contributed by atoms with van der Waals surface area (Å²) in [7, 11) is 0. The molecule has 1 fully saturated rings. The van der Waals surface area contributed by atoms with Crippen molar-refractivity contribution in [3.8, 4) is 11.3 Å². The zero-order chi connectivity index (χ0) is 18.8. The summed E-state index contributed by atoms with van der Waals surface area (Å²) in [6.45, 7) is 10.3. The Kier molecular flexibility index (Phi) is 6.31. The molecular formula is C21H27ClN6. The number of aryl methyl sites for hydroxylation is 2. The first-order chi connectivity index (χ1) is 13.1. The lowest BCUT2D eigenvalue weighted by Gasteiger charge is -2.39. The van der Waals surface area contributed by atoms with Crippen LogP contribution in [0.1, 0.15) is 29.9 Å². The molecule has 0 amide bonds. The van der Waals surface area contributed by atoms with Crippen molar-refractivity contribution in [2.24, 2.45) is 0 Å². The Labute approximate surface area is 172 Å². The van der Waals surface area contributed by atoms with Gasteiger partial charge in [0, 0.05) is 61.4 Å². The number of benzene rings is 1. The molecule has 1 unspecified atom stereocenters. The Morgan fingerprint density at radius 1 is 0.964 bits per heavy atom. The van der Waals surface area contributed by atoms with Crippen LogP contribution in [0.25, 0.3) is 11.3 Å². The molecule has 1 saturated heterocycles. The fourth-order valence-electron chi connectivity index (χ4n) is 4.04. The van der Waals surface area contributed by atoms with Gasteiger partial charge in [-0.3, -0.25) is 15.0 Å². The standard InChI is InChI=1S/C21H26N6.ClH/c1-15-19(16(2)25-24-15)17(3)26-11-13-27(14-12-26)21-20(22-9-10-23-21)18-7-5-4-6-8-18;/h4-10,17H,11-14H2,1-3H3,(H,24,25);1H. The quantitative estimate of drug-likeness (QED) is 0.724. The van der Waals surface area contributed by atoms with Crippen LogP contribution < -0.4 is 4.90 Å². The number of piperazine rings is 1. The summed E-state index contributed by atoms with van der Waals surface area (Å²) in [5, 5.41) is 7.47. The molecule has 4 rings (SSSR count). The number of hydrogen-bond acceptors (Lipinski definition) is 5. The van der Waals surface area contributed by atoms with Crippen LogP contribution in [0.5, 0.6) is 0 Å². The molecule has 0 aliphatic carbocycles. The highest BCUT2D eigenvalue weighted by molar-refractivity contribution is 5.85. The highest BCUT2D eigenvalue weighted by atomic mass is 35.5. The Hall–Kier alpha value is -2.44. The van der Waals surface area contributed by atoms with E-state index in [9.17, 15) is 0 Å². The fourth-order valence-corrected chi connectivity index (χ4v) is 4.04.